The molecule has 9 nitrogen and oxygen atoms in total. The second-order valence-electron chi connectivity index (χ2n) is 17.1. The Bertz CT molecular complexity index is 3060. The number of morpholine rings is 2. The highest BCUT2D eigenvalue weighted by Gasteiger charge is 2.20. The number of anilines is 2. The molecule has 5 aromatic carbocycles. The van der Waals surface area contributed by atoms with Crippen molar-refractivity contribution >= 4 is 72.2 Å². The fraction of sp³-hybridized carbons (Fsp3) is 0.232. The maximum atomic E-state index is 12.5. The summed E-state index contributed by atoms with van der Waals surface area (Å²) in [6.07, 6.45) is 5.64. The van der Waals surface area contributed by atoms with Crippen LogP contribution in [0.25, 0.3) is 5.57 Å². The summed E-state index contributed by atoms with van der Waals surface area (Å²) in [5, 5.41) is 0. The van der Waals surface area contributed by atoms with Crippen LogP contribution in [0.3, 0.4) is 0 Å². The minimum Gasteiger partial charge on any atom is -0.378 e. The number of halogens is 1. The molecule has 0 aliphatic carbocycles. The summed E-state index contributed by atoms with van der Waals surface area (Å²) in [5.41, 5.74) is 11.4. The largest absolute Gasteiger partial charge is 0.378 e. The van der Waals surface area contributed by atoms with Gasteiger partial charge in [-0.05, 0) is 154 Å². The minimum atomic E-state index is -3.43. The molecule has 0 N–H and O–H groups in total. The third-order valence-corrected chi connectivity index (χ3v) is 16.8. The van der Waals surface area contributed by atoms with Crippen molar-refractivity contribution in [2.24, 2.45) is 4.99 Å². The van der Waals surface area contributed by atoms with Gasteiger partial charge in [-0.3, -0.25) is 4.99 Å². The van der Waals surface area contributed by atoms with Gasteiger partial charge in [0.25, 0.3) is 0 Å². The summed E-state index contributed by atoms with van der Waals surface area (Å²) in [6, 6.07) is 45.2. The van der Waals surface area contributed by atoms with E-state index in [0.717, 1.165) is 110 Å². The highest BCUT2D eigenvalue weighted by Crippen LogP contribution is 2.41. The Kier molecular flexibility index (Phi) is 15.8. The fourth-order valence-corrected chi connectivity index (χ4v) is 11.7. The zero-order chi connectivity index (χ0) is 47.7. The van der Waals surface area contributed by atoms with Crippen LogP contribution in [0.1, 0.15) is 51.4 Å². The number of ether oxygens (including phenoxy) is 2. The summed E-state index contributed by atoms with van der Waals surface area (Å²) in [5.74, 6) is 1.81. The van der Waals surface area contributed by atoms with Crippen LogP contribution in [-0.2, 0) is 32.2 Å². The number of aryl methyl sites for hydroxylation is 1. The molecule has 7 aromatic rings. The third kappa shape index (κ3) is 12.3. The Hall–Kier alpha value is -5.54. The molecule has 2 aromatic heterocycles. The number of rotatable bonds is 8. The van der Waals surface area contributed by atoms with Gasteiger partial charge in [-0.25, -0.2) is 18.4 Å². The van der Waals surface area contributed by atoms with E-state index >= 15 is 0 Å². The molecule has 0 saturated carbocycles. The van der Waals surface area contributed by atoms with Crippen LogP contribution in [-0.4, -0.2) is 82.6 Å². The average molecular weight is 1040 g/mol. The number of sulfone groups is 1. The Balaban J connectivity index is 0.000000138. The molecule has 4 aliphatic rings. The summed E-state index contributed by atoms with van der Waals surface area (Å²) >= 11 is 7.01. The number of fused-ring (bicyclic) bond motifs is 4. The van der Waals surface area contributed by atoms with E-state index in [1.807, 2.05) is 68.3 Å². The second kappa shape index (κ2) is 22.5. The molecule has 69 heavy (non-hydrogen) atoms. The van der Waals surface area contributed by atoms with E-state index in [2.05, 4.69) is 138 Å². The standard InChI is InChI=1S/C24H22N2OS.C23H21NO2S2.C9H11BrN2O/c1-17(20-7-9-24(25-16-20)26-10-12-27-13-11-26)18-6-8-23-21(14-18)15-19-4-2-3-5-22(19)28-23;1-16-7-10-21(11-8-16)28(25,26)15-24-17(2)18-9-12-23-20(13-18)14-19-5-3-4-6-22(19)27-23;10-8-1-2-9(11-7-8)12-3-5-13-6-4-12/h2-9,14,16H,1,10-13,15H2;3-13H,14-15H2,1-2H3;1-2,7H,3-6H2. The molecular formula is C56H54BrN5O4S3. The zero-order valence-corrected chi connectivity index (χ0v) is 42.8. The quantitative estimate of drug-likeness (QED) is 0.137. The molecule has 0 unspecified atom stereocenters. The number of pyridine rings is 2. The van der Waals surface area contributed by atoms with Crippen molar-refractivity contribution in [3.8, 4) is 0 Å². The molecule has 4 aliphatic heterocycles. The van der Waals surface area contributed by atoms with E-state index < -0.39 is 9.84 Å². The molecule has 0 radical (unpaired) electrons. The predicted octanol–water partition coefficient (Wildman–Crippen LogP) is 12.0. The highest BCUT2D eigenvalue weighted by atomic mass is 79.9. The Morgan fingerprint density at radius 3 is 1.65 bits per heavy atom. The van der Waals surface area contributed by atoms with Crippen molar-refractivity contribution in [2.75, 3.05) is 68.3 Å². The van der Waals surface area contributed by atoms with Crippen LogP contribution >= 0.6 is 39.5 Å². The number of nitrogens with zero attached hydrogens (tertiary/aromatic N) is 5. The van der Waals surface area contributed by atoms with Crippen molar-refractivity contribution in [3.05, 3.63) is 201 Å². The van der Waals surface area contributed by atoms with E-state index in [9.17, 15) is 8.42 Å². The van der Waals surface area contributed by atoms with Crippen molar-refractivity contribution < 1.29 is 17.9 Å². The van der Waals surface area contributed by atoms with Gasteiger partial charge in [-0.15, -0.1) is 0 Å². The predicted molar refractivity (Wildman–Crippen MR) is 285 cm³/mol. The zero-order valence-electron chi connectivity index (χ0n) is 38.8. The Morgan fingerprint density at radius 2 is 1.12 bits per heavy atom. The van der Waals surface area contributed by atoms with E-state index in [1.54, 1.807) is 23.9 Å². The SMILES string of the molecule is Brc1ccc(N2CCOCC2)nc1.C=C(c1ccc(N2CCOCC2)nc1)c1ccc2c(c1)Cc1ccccc1S2.CC(=NCS(=O)(=O)c1ccc(C)cc1)c1ccc2c(c1)Cc1ccccc1S2. The first-order chi connectivity index (χ1) is 33.6. The molecule has 13 heteroatoms. The lowest BCUT2D eigenvalue weighted by Gasteiger charge is -2.27. The van der Waals surface area contributed by atoms with Gasteiger partial charge < -0.3 is 19.3 Å². The third-order valence-electron chi connectivity index (χ3n) is 12.4. The monoisotopic (exact) mass is 1040 g/mol. The molecule has 352 valence electrons. The Morgan fingerprint density at radius 1 is 0.623 bits per heavy atom. The smallest absolute Gasteiger partial charge is 0.198 e. The molecule has 11 rings (SSSR count). The maximum Gasteiger partial charge on any atom is 0.198 e. The van der Waals surface area contributed by atoms with Crippen molar-refractivity contribution in [1.29, 1.82) is 0 Å². The number of benzene rings is 5. The summed E-state index contributed by atoms with van der Waals surface area (Å²) in [7, 11) is -3.43. The minimum absolute atomic E-state index is 0.240. The maximum absolute atomic E-state index is 12.5. The van der Waals surface area contributed by atoms with Crippen LogP contribution in [0.4, 0.5) is 11.6 Å². The van der Waals surface area contributed by atoms with E-state index in [-0.39, 0.29) is 5.88 Å². The van der Waals surface area contributed by atoms with Gasteiger partial charge in [0.05, 0.1) is 31.3 Å². The van der Waals surface area contributed by atoms with E-state index in [1.165, 1.54) is 47.4 Å². The first-order valence-corrected chi connectivity index (χ1v) is 27.1. The first kappa shape index (κ1) is 48.5. The van der Waals surface area contributed by atoms with Gasteiger partial charge in [0, 0.05) is 73.9 Å². The van der Waals surface area contributed by atoms with Crippen LogP contribution in [0.5, 0.6) is 0 Å². The molecule has 0 bridgehead atoms. The average Bonchev–Trinajstić information content (AvgIpc) is 3.39. The summed E-state index contributed by atoms with van der Waals surface area (Å²) < 4.78 is 36.8. The van der Waals surface area contributed by atoms with Crippen LogP contribution in [0.2, 0.25) is 0 Å². The fourth-order valence-electron chi connectivity index (χ4n) is 8.34. The molecular weight excluding hydrogens is 983 g/mol. The number of aromatic nitrogens is 2. The molecule has 2 fully saturated rings. The topological polar surface area (TPSA) is 97.2 Å². The van der Waals surface area contributed by atoms with Gasteiger partial charge in [0.15, 0.2) is 9.84 Å². The molecule has 6 heterocycles. The lowest BCUT2D eigenvalue weighted by Crippen LogP contribution is -2.36. The van der Waals surface area contributed by atoms with Crippen molar-refractivity contribution in [3.63, 3.8) is 0 Å². The lowest BCUT2D eigenvalue weighted by atomic mass is 9.96. The summed E-state index contributed by atoms with van der Waals surface area (Å²) in [6.45, 7) is 15.0. The van der Waals surface area contributed by atoms with Gasteiger partial charge in [0.1, 0.15) is 17.5 Å². The normalized spacial score (nSPS) is 15.2. The first-order valence-electron chi connectivity index (χ1n) is 23.1. The number of hydrogen-bond acceptors (Lipinski definition) is 11. The molecule has 0 atom stereocenters. The molecule has 2 saturated heterocycles. The van der Waals surface area contributed by atoms with Crippen LogP contribution in [0, 0.1) is 6.92 Å². The van der Waals surface area contributed by atoms with Crippen LogP contribution in [0.15, 0.2) is 186 Å². The van der Waals surface area contributed by atoms with Crippen molar-refractivity contribution in [1.82, 2.24) is 9.97 Å². The summed E-state index contributed by atoms with van der Waals surface area (Å²) in [4.78, 5) is 23.5. The number of aliphatic imine (C=N–C) groups is 1. The molecule has 0 amide bonds. The van der Waals surface area contributed by atoms with Gasteiger partial charge >= 0.3 is 0 Å². The van der Waals surface area contributed by atoms with E-state index in [4.69, 9.17) is 9.47 Å². The van der Waals surface area contributed by atoms with Gasteiger partial charge in [-0.1, -0.05) is 96.3 Å². The van der Waals surface area contributed by atoms with Gasteiger partial charge in [-0.2, -0.15) is 0 Å². The Labute approximate surface area is 423 Å². The second-order valence-corrected chi connectivity index (χ2v) is 22.2. The number of hydrogen-bond donors (Lipinski definition) is 0. The lowest BCUT2D eigenvalue weighted by molar-refractivity contribution is 0.122. The van der Waals surface area contributed by atoms with Gasteiger partial charge in [0.2, 0.25) is 0 Å². The molecule has 0 spiro atoms. The van der Waals surface area contributed by atoms with Crippen molar-refractivity contribution in [2.45, 2.75) is 51.2 Å². The van der Waals surface area contributed by atoms with E-state index in [0.29, 0.717) is 4.90 Å². The highest BCUT2D eigenvalue weighted by molar-refractivity contribution is 9.10. The van der Waals surface area contributed by atoms with Crippen LogP contribution < -0.4 is 9.80 Å².